The van der Waals surface area contributed by atoms with Crippen LogP contribution in [0, 0.1) is 17.6 Å². The second-order valence-electron chi connectivity index (χ2n) is 5.32. The highest BCUT2D eigenvalue weighted by atomic mass is 19.1. The lowest BCUT2D eigenvalue weighted by atomic mass is 10.1. The number of rotatable bonds is 7. The van der Waals surface area contributed by atoms with E-state index in [0.29, 0.717) is 18.5 Å². The molecule has 0 aromatic heterocycles. The lowest BCUT2D eigenvalue weighted by Gasteiger charge is -2.17. The summed E-state index contributed by atoms with van der Waals surface area (Å²) in [5.41, 5.74) is 5.79. The van der Waals surface area contributed by atoms with E-state index < -0.39 is 29.9 Å². The first-order valence-electron chi connectivity index (χ1n) is 6.95. The van der Waals surface area contributed by atoms with Gasteiger partial charge < -0.3 is 15.8 Å². The van der Waals surface area contributed by atoms with E-state index in [0.717, 1.165) is 0 Å². The molecule has 3 N–H and O–H groups in total. The quantitative estimate of drug-likeness (QED) is 0.809. The smallest absolute Gasteiger partial charge is 0.258 e. The Hall–Kier alpha value is -1.69. The zero-order valence-electron chi connectivity index (χ0n) is 12.6. The molecule has 0 aliphatic heterocycles. The number of carbonyl (C=O) groups is 1. The van der Waals surface area contributed by atoms with Crippen molar-refractivity contribution in [3.05, 3.63) is 29.3 Å². The summed E-state index contributed by atoms with van der Waals surface area (Å²) in [5, 5.41) is 2.69. The number of hydrogen-bond acceptors (Lipinski definition) is 3. The van der Waals surface area contributed by atoms with Crippen LogP contribution in [0.2, 0.25) is 0 Å². The van der Waals surface area contributed by atoms with Crippen molar-refractivity contribution in [3.8, 4) is 5.75 Å². The summed E-state index contributed by atoms with van der Waals surface area (Å²) in [5.74, 6) is -2.35. The SMILES string of the molecule is CC(C)C(C)NC(=O)COc1c(F)cc(CCN)cc1F. The molecule has 4 nitrogen and oxygen atoms in total. The fourth-order valence-corrected chi connectivity index (χ4v) is 1.66. The molecule has 0 aliphatic rings. The van der Waals surface area contributed by atoms with Crippen LogP contribution < -0.4 is 15.8 Å². The van der Waals surface area contributed by atoms with Gasteiger partial charge in [-0.3, -0.25) is 4.79 Å². The van der Waals surface area contributed by atoms with E-state index in [9.17, 15) is 13.6 Å². The zero-order valence-corrected chi connectivity index (χ0v) is 12.6. The number of hydrogen-bond donors (Lipinski definition) is 2. The van der Waals surface area contributed by atoms with Crippen molar-refractivity contribution in [1.29, 1.82) is 0 Å². The second-order valence-corrected chi connectivity index (χ2v) is 5.32. The van der Waals surface area contributed by atoms with Crippen molar-refractivity contribution in [2.24, 2.45) is 11.7 Å². The van der Waals surface area contributed by atoms with Gasteiger partial charge >= 0.3 is 0 Å². The van der Waals surface area contributed by atoms with E-state index in [-0.39, 0.29) is 12.0 Å². The summed E-state index contributed by atoms with van der Waals surface area (Å²) < 4.78 is 32.4. The molecule has 0 aliphatic carbocycles. The van der Waals surface area contributed by atoms with Crippen molar-refractivity contribution < 1.29 is 18.3 Å². The van der Waals surface area contributed by atoms with E-state index in [1.54, 1.807) is 0 Å². The molecular formula is C15H22F2N2O2. The molecule has 0 bridgehead atoms. The lowest BCUT2D eigenvalue weighted by molar-refractivity contribution is -0.124. The van der Waals surface area contributed by atoms with Gasteiger partial charge in [0, 0.05) is 6.04 Å². The van der Waals surface area contributed by atoms with Gasteiger partial charge in [-0.05, 0) is 43.5 Å². The highest BCUT2D eigenvalue weighted by Crippen LogP contribution is 2.23. The zero-order chi connectivity index (χ0) is 16.0. The fourth-order valence-electron chi connectivity index (χ4n) is 1.66. The fraction of sp³-hybridized carbons (Fsp3) is 0.533. The molecule has 1 rings (SSSR count). The summed E-state index contributed by atoms with van der Waals surface area (Å²) >= 11 is 0. The predicted octanol–water partition coefficient (Wildman–Crippen LogP) is 2.01. The van der Waals surface area contributed by atoms with Gasteiger partial charge in [-0.15, -0.1) is 0 Å². The summed E-state index contributed by atoms with van der Waals surface area (Å²) in [4.78, 5) is 11.6. The van der Waals surface area contributed by atoms with Crippen LogP contribution in [0.25, 0.3) is 0 Å². The maximum absolute atomic E-state index is 13.7. The van der Waals surface area contributed by atoms with Gasteiger partial charge in [-0.1, -0.05) is 13.8 Å². The maximum Gasteiger partial charge on any atom is 0.258 e. The van der Waals surface area contributed by atoms with Crippen LogP contribution in [0.15, 0.2) is 12.1 Å². The monoisotopic (exact) mass is 300 g/mol. The first-order chi connectivity index (χ1) is 9.85. The van der Waals surface area contributed by atoms with E-state index in [2.05, 4.69) is 5.32 Å². The Morgan fingerprint density at radius 1 is 1.29 bits per heavy atom. The third-order valence-electron chi connectivity index (χ3n) is 3.23. The van der Waals surface area contributed by atoms with Gasteiger partial charge in [0.25, 0.3) is 5.91 Å². The molecule has 0 saturated heterocycles. The third kappa shape index (κ3) is 5.30. The minimum Gasteiger partial charge on any atom is -0.478 e. The minimum absolute atomic E-state index is 0.0391. The molecule has 1 unspecified atom stereocenters. The van der Waals surface area contributed by atoms with Crippen molar-refractivity contribution in [2.75, 3.05) is 13.2 Å². The molecule has 0 heterocycles. The number of amides is 1. The van der Waals surface area contributed by atoms with Crippen molar-refractivity contribution >= 4 is 5.91 Å². The summed E-state index contributed by atoms with van der Waals surface area (Å²) in [6.07, 6.45) is 0.376. The Labute approximate surface area is 123 Å². The maximum atomic E-state index is 13.7. The van der Waals surface area contributed by atoms with Gasteiger partial charge in [0.15, 0.2) is 24.0 Å². The Balaban J connectivity index is 2.65. The van der Waals surface area contributed by atoms with E-state index in [4.69, 9.17) is 10.5 Å². The molecule has 0 saturated carbocycles. The topological polar surface area (TPSA) is 64.3 Å². The highest BCUT2D eigenvalue weighted by molar-refractivity contribution is 5.77. The van der Waals surface area contributed by atoms with Crippen LogP contribution >= 0.6 is 0 Å². The van der Waals surface area contributed by atoms with Crippen molar-refractivity contribution in [3.63, 3.8) is 0 Å². The molecule has 1 amide bonds. The van der Waals surface area contributed by atoms with Gasteiger partial charge in [0.1, 0.15) is 0 Å². The molecule has 1 atom stereocenters. The molecule has 1 aromatic carbocycles. The van der Waals surface area contributed by atoms with Crippen molar-refractivity contribution in [1.82, 2.24) is 5.32 Å². The molecule has 118 valence electrons. The molecule has 0 radical (unpaired) electrons. The van der Waals surface area contributed by atoms with Crippen LogP contribution in [0.4, 0.5) is 8.78 Å². The number of nitrogens with two attached hydrogens (primary N) is 1. The van der Waals surface area contributed by atoms with Crippen LogP contribution in [0.5, 0.6) is 5.75 Å². The number of carbonyl (C=O) groups excluding carboxylic acids is 1. The Morgan fingerprint density at radius 3 is 2.33 bits per heavy atom. The second kappa shape index (κ2) is 7.93. The van der Waals surface area contributed by atoms with Gasteiger partial charge in [-0.25, -0.2) is 8.78 Å². The van der Waals surface area contributed by atoms with E-state index in [1.807, 2.05) is 20.8 Å². The summed E-state index contributed by atoms with van der Waals surface area (Å²) in [6, 6.07) is 2.29. The van der Waals surface area contributed by atoms with Crippen LogP contribution in [-0.2, 0) is 11.2 Å². The molecule has 0 spiro atoms. The normalized spacial score (nSPS) is 12.3. The van der Waals surface area contributed by atoms with Gasteiger partial charge in [0.2, 0.25) is 0 Å². The van der Waals surface area contributed by atoms with E-state index in [1.165, 1.54) is 12.1 Å². The Kier molecular flexibility index (Phi) is 6.55. The van der Waals surface area contributed by atoms with Crippen LogP contribution in [0.3, 0.4) is 0 Å². The van der Waals surface area contributed by atoms with Crippen LogP contribution in [0.1, 0.15) is 26.3 Å². The number of ether oxygens (including phenoxy) is 1. The summed E-state index contributed by atoms with van der Waals surface area (Å²) in [7, 11) is 0. The average Bonchev–Trinajstić information content (AvgIpc) is 2.37. The lowest BCUT2D eigenvalue weighted by Crippen LogP contribution is -2.39. The van der Waals surface area contributed by atoms with Gasteiger partial charge in [0.05, 0.1) is 0 Å². The first kappa shape index (κ1) is 17.4. The highest BCUT2D eigenvalue weighted by Gasteiger charge is 2.16. The molecule has 21 heavy (non-hydrogen) atoms. The molecule has 1 aromatic rings. The standard InChI is InChI=1S/C15H22F2N2O2/c1-9(2)10(3)19-14(20)8-21-15-12(16)6-11(4-5-18)7-13(15)17/h6-7,9-10H,4-5,8,18H2,1-3H3,(H,19,20). The largest absolute Gasteiger partial charge is 0.478 e. The van der Waals surface area contributed by atoms with Crippen molar-refractivity contribution in [2.45, 2.75) is 33.2 Å². The van der Waals surface area contributed by atoms with E-state index >= 15 is 0 Å². The number of benzene rings is 1. The summed E-state index contributed by atoms with van der Waals surface area (Å²) in [6.45, 7) is 5.64. The Morgan fingerprint density at radius 2 is 1.86 bits per heavy atom. The number of halogens is 2. The molecule has 6 heteroatoms. The minimum atomic E-state index is -0.830. The third-order valence-corrected chi connectivity index (χ3v) is 3.23. The average molecular weight is 300 g/mol. The van der Waals surface area contributed by atoms with Gasteiger partial charge in [-0.2, -0.15) is 0 Å². The molecule has 0 fully saturated rings. The molecular weight excluding hydrogens is 278 g/mol. The first-order valence-corrected chi connectivity index (χ1v) is 6.95. The number of nitrogens with one attached hydrogen (secondary N) is 1. The Bertz CT molecular complexity index is 470. The predicted molar refractivity (Wildman–Crippen MR) is 77.1 cm³/mol. The van der Waals surface area contributed by atoms with Crippen LogP contribution in [-0.4, -0.2) is 25.1 Å².